The van der Waals surface area contributed by atoms with E-state index in [9.17, 15) is 0 Å². The zero-order valence-electron chi connectivity index (χ0n) is 10.7. The van der Waals surface area contributed by atoms with E-state index in [1.807, 2.05) is 0 Å². The summed E-state index contributed by atoms with van der Waals surface area (Å²) in [6, 6.07) is 10.8. The van der Waals surface area contributed by atoms with E-state index in [4.69, 9.17) is 0 Å². The molecule has 0 aromatic heterocycles. The van der Waals surface area contributed by atoms with E-state index in [1.165, 1.54) is 43.2 Å². The Balaban J connectivity index is 2.26. The molecule has 0 aliphatic carbocycles. The molecule has 1 unspecified atom stereocenters. The molecule has 0 spiro atoms. The van der Waals surface area contributed by atoms with Gasteiger partial charge < -0.3 is 0 Å². The van der Waals surface area contributed by atoms with Gasteiger partial charge in [-0.05, 0) is 44.1 Å². The first-order chi connectivity index (χ1) is 7.72. The molecule has 0 bridgehead atoms. The maximum absolute atomic E-state index is 4.01. The third-order valence-electron chi connectivity index (χ3n) is 3.14. The fourth-order valence-corrected chi connectivity index (χ4v) is 2.18. The van der Waals surface area contributed by atoms with E-state index in [-0.39, 0.29) is 0 Å². The number of hydrogen-bond acceptors (Lipinski definition) is 0. The number of benzene rings is 1. The Bertz CT molecular complexity index is 297. The number of aryl methyl sites for hydroxylation is 1. The van der Waals surface area contributed by atoms with Crippen molar-refractivity contribution < 1.29 is 0 Å². The minimum absolute atomic E-state index is 0.834. The van der Waals surface area contributed by atoms with E-state index < -0.39 is 0 Å². The Morgan fingerprint density at radius 3 is 2.50 bits per heavy atom. The van der Waals surface area contributed by atoms with Crippen LogP contribution in [0.4, 0.5) is 0 Å². The molecule has 88 valence electrons. The molecular formula is C16H24. The van der Waals surface area contributed by atoms with E-state index in [2.05, 4.69) is 50.8 Å². The first-order valence-electron chi connectivity index (χ1n) is 6.40. The second kappa shape index (κ2) is 7.27. The van der Waals surface area contributed by atoms with Crippen LogP contribution in [0.3, 0.4) is 0 Å². The predicted octanol–water partition coefficient (Wildman–Crippen LogP) is 5.00. The molecule has 0 aliphatic heterocycles. The molecule has 0 nitrogen and oxygen atoms in total. The van der Waals surface area contributed by atoms with Crippen LogP contribution in [0.5, 0.6) is 0 Å². The largest absolute Gasteiger partial charge is 0.100 e. The van der Waals surface area contributed by atoms with Crippen molar-refractivity contribution in [3.63, 3.8) is 0 Å². The summed E-state index contributed by atoms with van der Waals surface area (Å²) in [7, 11) is 0. The molecule has 1 atom stereocenters. The molecule has 0 heterocycles. The van der Waals surface area contributed by atoms with Gasteiger partial charge in [0, 0.05) is 0 Å². The van der Waals surface area contributed by atoms with Crippen LogP contribution in [0.2, 0.25) is 0 Å². The fraction of sp³-hybridized carbons (Fsp3) is 0.500. The van der Waals surface area contributed by atoms with Gasteiger partial charge in [0.1, 0.15) is 0 Å². The van der Waals surface area contributed by atoms with Gasteiger partial charge in [0.15, 0.2) is 0 Å². The third-order valence-corrected chi connectivity index (χ3v) is 3.14. The maximum Gasteiger partial charge on any atom is -0.0279 e. The molecule has 0 amide bonds. The molecule has 1 aromatic carbocycles. The summed E-state index contributed by atoms with van der Waals surface area (Å²) in [4.78, 5) is 0. The Labute approximate surface area is 100 Å². The predicted molar refractivity (Wildman–Crippen MR) is 72.6 cm³/mol. The summed E-state index contributed by atoms with van der Waals surface area (Å²) in [6.07, 6.45) is 6.33. The van der Waals surface area contributed by atoms with Gasteiger partial charge >= 0.3 is 0 Å². The molecule has 1 rings (SSSR count). The second-order valence-electron chi connectivity index (χ2n) is 4.81. The summed E-state index contributed by atoms with van der Waals surface area (Å²) in [5.41, 5.74) is 2.79. The molecule has 0 heteroatoms. The van der Waals surface area contributed by atoms with Gasteiger partial charge in [-0.15, -0.1) is 6.58 Å². The standard InChI is InChI=1S/C16H24/c1-4-15(13-14(2)3)11-8-12-16-9-6-5-7-10-16/h5-7,9-10,15H,2,4,8,11-13H2,1,3H3. The molecule has 0 N–H and O–H groups in total. The quantitative estimate of drug-likeness (QED) is 0.562. The van der Waals surface area contributed by atoms with Crippen LogP contribution in [0.15, 0.2) is 42.5 Å². The van der Waals surface area contributed by atoms with E-state index in [1.54, 1.807) is 0 Å². The van der Waals surface area contributed by atoms with Gasteiger partial charge in [-0.2, -0.15) is 0 Å². The molecule has 16 heavy (non-hydrogen) atoms. The molecular weight excluding hydrogens is 192 g/mol. The summed E-state index contributed by atoms with van der Waals surface area (Å²) in [5.74, 6) is 0.834. The summed E-state index contributed by atoms with van der Waals surface area (Å²) in [5, 5.41) is 0. The molecule has 1 aromatic rings. The van der Waals surface area contributed by atoms with Crippen LogP contribution in [-0.4, -0.2) is 0 Å². The van der Waals surface area contributed by atoms with Gasteiger partial charge in [-0.3, -0.25) is 0 Å². The Morgan fingerprint density at radius 2 is 1.94 bits per heavy atom. The molecule has 0 aliphatic rings. The van der Waals surface area contributed by atoms with Gasteiger partial charge in [0.05, 0.1) is 0 Å². The lowest BCUT2D eigenvalue weighted by Crippen LogP contribution is -2.00. The van der Waals surface area contributed by atoms with Crippen molar-refractivity contribution in [2.24, 2.45) is 5.92 Å². The van der Waals surface area contributed by atoms with E-state index in [0.717, 1.165) is 5.92 Å². The van der Waals surface area contributed by atoms with Crippen molar-refractivity contribution >= 4 is 0 Å². The van der Waals surface area contributed by atoms with Crippen molar-refractivity contribution in [2.45, 2.75) is 46.0 Å². The zero-order chi connectivity index (χ0) is 11.8. The Morgan fingerprint density at radius 1 is 1.25 bits per heavy atom. The van der Waals surface area contributed by atoms with Crippen LogP contribution < -0.4 is 0 Å². The number of allylic oxidation sites excluding steroid dienone is 1. The Kier molecular flexibility index (Phi) is 5.92. The molecule has 0 saturated carbocycles. The zero-order valence-corrected chi connectivity index (χ0v) is 10.7. The topological polar surface area (TPSA) is 0 Å². The van der Waals surface area contributed by atoms with E-state index >= 15 is 0 Å². The van der Waals surface area contributed by atoms with Gasteiger partial charge in [0.2, 0.25) is 0 Å². The van der Waals surface area contributed by atoms with Crippen LogP contribution in [0.1, 0.15) is 45.1 Å². The highest BCUT2D eigenvalue weighted by Gasteiger charge is 2.06. The van der Waals surface area contributed by atoms with Crippen LogP contribution in [-0.2, 0) is 6.42 Å². The second-order valence-corrected chi connectivity index (χ2v) is 4.81. The average Bonchev–Trinajstić information content (AvgIpc) is 2.28. The molecule has 0 saturated heterocycles. The van der Waals surface area contributed by atoms with E-state index in [0.29, 0.717) is 0 Å². The fourth-order valence-electron chi connectivity index (χ4n) is 2.18. The van der Waals surface area contributed by atoms with Crippen LogP contribution >= 0.6 is 0 Å². The Hall–Kier alpha value is -1.04. The number of rotatable bonds is 7. The SMILES string of the molecule is C=C(C)CC(CC)CCCc1ccccc1. The first-order valence-corrected chi connectivity index (χ1v) is 6.40. The summed E-state index contributed by atoms with van der Waals surface area (Å²) in [6.45, 7) is 8.44. The highest BCUT2D eigenvalue weighted by molar-refractivity contribution is 5.14. The normalized spacial score (nSPS) is 12.4. The van der Waals surface area contributed by atoms with Crippen LogP contribution in [0.25, 0.3) is 0 Å². The highest BCUT2D eigenvalue weighted by atomic mass is 14.1. The van der Waals surface area contributed by atoms with Crippen LogP contribution in [0, 0.1) is 5.92 Å². The van der Waals surface area contributed by atoms with Crippen molar-refractivity contribution in [3.05, 3.63) is 48.0 Å². The first kappa shape index (κ1) is 13.0. The van der Waals surface area contributed by atoms with Crippen molar-refractivity contribution in [1.82, 2.24) is 0 Å². The van der Waals surface area contributed by atoms with Gasteiger partial charge in [-0.25, -0.2) is 0 Å². The monoisotopic (exact) mass is 216 g/mol. The van der Waals surface area contributed by atoms with Crippen molar-refractivity contribution in [1.29, 1.82) is 0 Å². The number of hydrogen-bond donors (Lipinski definition) is 0. The minimum Gasteiger partial charge on any atom is -0.100 e. The highest BCUT2D eigenvalue weighted by Crippen LogP contribution is 2.20. The van der Waals surface area contributed by atoms with Crippen molar-refractivity contribution in [2.75, 3.05) is 0 Å². The lowest BCUT2D eigenvalue weighted by Gasteiger charge is -2.14. The third kappa shape index (κ3) is 5.16. The molecule has 0 fully saturated rings. The minimum atomic E-state index is 0.834. The smallest absolute Gasteiger partial charge is 0.0279 e. The van der Waals surface area contributed by atoms with Gasteiger partial charge in [0.25, 0.3) is 0 Å². The lowest BCUT2D eigenvalue weighted by atomic mass is 9.92. The summed E-state index contributed by atoms with van der Waals surface area (Å²) >= 11 is 0. The van der Waals surface area contributed by atoms with Crippen molar-refractivity contribution in [3.8, 4) is 0 Å². The molecule has 0 radical (unpaired) electrons. The maximum atomic E-state index is 4.01. The lowest BCUT2D eigenvalue weighted by molar-refractivity contribution is 0.451. The average molecular weight is 216 g/mol. The summed E-state index contributed by atoms with van der Waals surface area (Å²) < 4.78 is 0. The van der Waals surface area contributed by atoms with Gasteiger partial charge in [-0.1, -0.05) is 49.2 Å².